The van der Waals surface area contributed by atoms with Gasteiger partial charge >= 0.3 is 0 Å². The Labute approximate surface area is 150 Å². The lowest BCUT2D eigenvalue weighted by Gasteiger charge is -2.22. The summed E-state index contributed by atoms with van der Waals surface area (Å²) in [4.78, 5) is 12.9. The summed E-state index contributed by atoms with van der Waals surface area (Å²) in [5, 5.41) is 3.49. The molecule has 1 aliphatic rings. The van der Waals surface area contributed by atoms with Crippen LogP contribution in [-0.2, 0) is 9.84 Å². The third-order valence-corrected chi connectivity index (χ3v) is 7.73. The number of carbonyl (C=O) groups is 1. The van der Waals surface area contributed by atoms with Crippen molar-refractivity contribution in [2.24, 2.45) is 0 Å². The maximum atomic E-state index is 12.6. The van der Waals surface area contributed by atoms with Gasteiger partial charge in [0.15, 0.2) is 0 Å². The summed E-state index contributed by atoms with van der Waals surface area (Å²) < 4.78 is 25.4. The molecule has 128 valence electrons. The fraction of sp³-hybridized carbons (Fsp3) is 0.353. The van der Waals surface area contributed by atoms with Gasteiger partial charge in [0.25, 0.3) is 5.91 Å². The van der Waals surface area contributed by atoms with Crippen LogP contribution in [0.5, 0.6) is 0 Å². The van der Waals surface area contributed by atoms with Gasteiger partial charge in [-0.05, 0) is 49.2 Å². The summed E-state index contributed by atoms with van der Waals surface area (Å²) in [5.74, 6) is -0.190. The summed E-state index contributed by atoms with van der Waals surface area (Å²) in [6.07, 6.45) is 5.46. The monoisotopic (exact) mass is 383 g/mol. The standard InChI is InChI=1S/C17H18ClNO3S2/c18-12-6-8-14(9-7-12)24(21,22)16-11-10-15(23-16)17(20)19-13-4-2-1-3-5-13/h6-11,13H,1-5H2,(H,19,20). The lowest BCUT2D eigenvalue weighted by Crippen LogP contribution is -2.35. The van der Waals surface area contributed by atoms with E-state index in [9.17, 15) is 13.2 Å². The molecule has 3 rings (SSSR count). The molecule has 0 atom stereocenters. The zero-order valence-corrected chi connectivity index (χ0v) is 15.4. The van der Waals surface area contributed by atoms with Gasteiger partial charge in [0.1, 0.15) is 4.21 Å². The second kappa shape index (κ2) is 7.25. The van der Waals surface area contributed by atoms with Crippen LogP contribution in [-0.4, -0.2) is 20.4 Å². The number of hydrogen-bond donors (Lipinski definition) is 1. The molecule has 2 aromatic rings. The van der Waals surface area contributed by atoms with Crippen molar-refractivity contribution in [3.63, 3.8) is 0 Å². The van der Waals surface area contributed by atoms with Gasteiger partial charge in [0.2, 0.25) is 9.84 Å². The van der Waals surface area contributed by atoms with E-state index in [-0.39, 0.29) is 21.1 Å². The fourth-order valence-electron chi connectivity index (χ4n) is 2.82. The number of carbonyl (C=O) groups excluding carboxylic acids is 1. The van der Waals surface area contributed by atoms with E-state index in [0.717, 1.165) is 37.0 Å². The highest BCUT2D eigenvalue weighted by atomic mass is 35.5. The van der Waals surface area contributed by atoms with Gasteiger partial charge < -0.3 is 5.32 Å². The first kappa shape index (κ1) is 17.5. The quantitative estimate of drug-likeness (QED) is 0.856. The SMILES string of the molecule is O=C(NC1CCCCC1)c1ccc(S(=O)(=O)c2ccc(Cl)cc2)s1. The lowest BCUT2D eigenvalue weighted by atomic mass is 9.95. The first-order valence-corrected chi connectivity index (χ1v) is 10.6. The van der Waals surface area contributed by atoms with Crippen LogP contribution in [0.3, 0.4) is 0 Å². The van der Waals surface area contributed by atoms with Crippen molar-refractivity contribution in [2.75, 3.05) is 0 Å². The van der Waals surface area contributed by atoms with Crippen molar-refractivity contribution in [1.82, 2.24) is 5.32 Å². The topological polar surface area (TPSA) is 63.2 Å². The van der Waals surface area contributed by atoms with E-state index in [1.165, 1.54) is 24.6 Å². The molecule has 1 amide bonds. The number of sulfone groups is 1. The average molecular weight is 384 g/mol. The number of rotatable bonds is 4. The Kier molecular flexibility index (Phi) is 5.27. The van der Waals surface area contributed by atoms with Gasteiger partial charge in [0.05, 0.1) is 9.77 Å². The Morgan fingerprint density at radius 3 is 2.38 bits per heavy atom. The summed E-state index contributed by atoms with van der Waals surface area (Å²) in [7, 11) is -3.62. The molecule has 1 aromatic heterocycles. The third kappa shape index (κ3) is 3.82. The largest absolute Gasteiger partial charge is 0.349 e. The van der Waals surface area contributed by atoms with Crippen LogP contribution in [0.2, 0.25) is 5.02 Å². The Balaban J connectivity index is 1.76. The summed E-state index contributed by atoms with van der Waals surface area (Å²) in [6.45, 7) is 0. The van der Waals surface area contributed by atoms with Crippen molar-refractivity contribution in [3.05, 3.63) is 46.3 Å². The van der Waals surface area contributed by atoms with E-state index < -0.39 is 9.84 Å². The van der Waals surface area contributed by atoms with Crippen molar-refractivity contribution in [1.29, 1.82) is 0 Å². The Morgan fingerprint density at radius 1 is 1.04 bits per heavy atom. The molecule has 1 saturated carbocycles. The molecule has 0 aliphatic heterocycles. The number of benzene rings is 1. The van der Waals surface area contributed by atoms with Gasteiger partial charge in [0, 0.05) is 11.1 Å². The Bertz CT molecular complexity index is 822. The van der Waals surface area contributed by atoms with E-state index in [1.807, 2.05) is 0 Å². The summed E-state index contributed by atoms with van der Waals surface area (Å²) >= 11 is 6.80. The molecule has 1 aliphatic carbocycles. The molecule has 0 spiro atoms. The molecule has 0 radical (unpaired) electrons. The predicted octanol–water partition coefficient (Wildman–Crippen LogP) is 4.30. The van der Waals surface area contributed by atoms with E-state index in [2.05, 4.69) is 5.32 Å². The van der Waals surface area contributed by atoms with Crippen molar-refractivity contribution < 1.29 is 13.2 Å². The third-order valence-electron chi connectivity index (χ3n) is 4.13. The minimum atomic E-state index is -3.62. The van der Waals surface area contributed by atoms with Crippen LogP contribution in [0.15, 0.2) is 45.5 Å². The first-order valence-electron chi connectivity index (χ1n) is 7.88. The van der Waals surface area contributed by atoms with E-state index in [4.69, 9.17) is 11.6 Å². The minimum Gasteiger partial charge on any atom is -0.349 e. The molecule has 1 fully saturated rings. The van der Waals surface area contributed by atoms with Crippen LogP contribution in [0.4, 0.5) is 0 Å². The molecule has 0 saturated heterocycles. The number of hydrogen-bond acceptors (Lipinski definition) is 4. The van der Waals surface area contributed by atoms with Crippen LogP contribution in [0.25, 0.3) is 0 Å². The van der Waals surface area contributed by atoms with Crippen LogP contribution in [0, 0.1) is 0 Å². The van der Waals surface area contributed by atoms with Crippen molar-refractivity contribution in [3.8, 4) is 0 Å². The van der Waals surface area contributed by atoms with E-state index in [0.29, 0.717) is 9.90 Å². The van der Waals surface area contributed by atoms with Gasteiger partial charge in [-0.1, -0.05) is 30.9 Å². The molecule has 7 heteroatoms. The molecule has 1 heterocycles. The van der Waals surface area contributed by atoms with Crippen molar-refractivity contribution >= 4 is 38.7 Å². The van der Waals surface area contributed by atoms with Gasteiger partial charge in [-0.3, -0.25) is 4.79 Å². The van der Waals surface area contributed by atoms with E-state index >= 15 is 0 Å². The maximum absolute atomic E-state index is 12.6. The van der Waals surface area contributed by atoms with Crippen molar-refractivity contribution in [2.45, 2.75) is 47.3 Å². The molecule has 4 nitrogen and oxygen atoms in total. The molecule has 0 unspecified atom stereocenters. The normalized spacial score (nSPS) is 16.0. The zero-order chi connectivity index (χ0) is 17.2. The molecule has 24 heavy (non-hydrogen) atoms. The Hall–Kier alpha value is -1.37. The molecular weight excluding hydrogens is 366 g/mol. The number of thiophene rings is 1. The van der Waals surface area contributed by atoms with Gasteiger partial charge in [-0.15, -0.1) is 11.3 Å². The van der Waals surface area contributed by atoms with E-state index in [1.54, 1.807) is 18.2 Å². The van der Waals surface area contributed by atoms with Crippen LogP contribution >= 0.6 is 22.9 Å². The highest BCUT2D eigenvalue weighted by molar-refractivity contribution is 7.93. The molecule has 1 aromatic carbocycles. The highest BCUT2D eigenvalue weighted by Crippen LogP contribution is 2.29. The molecule has 0 bridgehead atoms. The fourth-order valence-corrected chi connectivity index (χ4v) is 5.56. The predicted molar refractivity (Wildman–Crippen MR) is 95.6 cm³/mol. The smallest absolute Gasteiger partial charge is 0.261 e. The van der Waals surface area contributed by atoms with Gasteiger partial charge in [-0.2, -0.15) is 0 Å². The molecular formula is C17H18ClNO3S2. The second-order valence-electron chi connectivity index (χ2n) is 5.88. The number of nitrogens with one attached hydrogen (secondary N) is 1. The number of halogens is 1. The highest BCUT2D eigenvalue weighted by Gasteiger charge is 2.23. The average Bonchev–Trinajstić information content (AvgIpc) is 3.07. The van der Waals surface area contributed by atoms with Crippen LogP contribution in [0.1, 0.15) is 41.8 Å². The Morgan fingerprint density at radius 2 is 1.71 bits per heavy atom. The minimum absolute atomic E-state index is 0.165. The first-order chi connectivity index (χ1) is 11.5. The lowest BCUT2D eigenvalue weighted by molar-refractivity contribution is 0.0932. The second-order valence-corrected chi connectivity index (χ2v) is 9.58. The maximum Gasteiger partial charge on any atom is 0.261 e. The van der Waals surface area contributed by atoms with Gasteiger partial charge in [-0.25, -0.2) is 8.42 Å². The zero-order valence-electron chi connectivity index (χ0n) is 13.0. The summed E-state index contributed by atoms with van der Waals surface area (Å²) in [5.41, 5.74) is 0. The number of amides is 1. The molecule has 1 N–H and O–H groups in total. The summed E-state index contributed by atoms with van der Waals surface area (Å²) in [6, 6.07) is 9.29. The van der Waals surface area contributed by atoms with Crippen LogP contribution < -0.4 is 5.32 Å².